The maximum atomic E-state index is 13.6. The highest BCUT2D eigenvalue weighted by Crippen LogP contribution is 2.20. The van der Waals surface area contributed by atoms with Crippen LogP contribution in [0.5, 0.6) is 6.01 Å². The van der Waals surface area contributed by atoms with Crippen molar-refractivity contribution in [3.63, 3.8) is 0 Å². The topological polar surface area (TPSA) is 79.8 Å². The highest BCUT2D eigenvalue weighted by molar-refractivity contribution is 5.80. The summed E-state index contributed by atoms with van der Waals surface area (Å²) in [5.74, 6) is -0.853. The summed E-state index contributed by atoms with van der Waals surface area (Å²) >= 11 is 0. The van der Waals surface area contributed by atoms with Crippen molar-refractivity contribution in [3.8, 4) is 17.4 Å². The Bertz CT molecular complexity index is 1520. The van der Waals surface area contributed by atoms with E-state index in [4.69, 9.17) is 4.74 Å². The summed E-state index contributed by atoms with van der Waals surface area (Å²) in [6.07, 6.45) is 4.34. The van der Waals surface area contributed by atoms with Crippen molar-refractivity contribution in [3.05, 3.63) is 94.8 Å². The fourth-order valence-electron chi connectivity index (χ4n) is 3.54. The van der Waals surface area contributed by atoms with Crippen LogP contribution >= 0.6 is 0 Å². The Hall–Kier alpha value is -4.34. The molecule has 5 aromatic rings. The third-order valence-electron chi connectivity index (χ3n) is 5.02. The Kier molecular flexibility index (Phi) is 5.17. The van der Waals surface area contributed by atoms with Crippen molar-refractivity contribution in [2.24, 2.45) is 0 Å². The average molecular weight is 448 g/mol. The van der Waals surface area contributed by atoms with E-state index in [-0.39, 0.29) is 18.4 Å². The Morgan fingerprint density at radius 3 is 2.64 bits per heavy atom. The van der Waals surface area contributed by atoms with Crippen LogP contribution in [0.4, 0.5) is 8.78 Å². The normalized spacial score (nSPS) is 11.2. The molecule has 33 heavy (non-hydrogen) atoms. The molecule has 5 rings (SSSR count). The van der Waals surface area contributed by atoms with E-state index in [0.717, 1.165) is 11.6 Å². The van der Waals surface area contributed by atoms with E-state index in [1.165, 1.54) is 38.3 Å². The lowest BCUT2D eigenvalue weighted by Gasteiger charge is -2.05. The molecule has 0 bridgehead atoms. The highest BCUT2D eigenvalue weighted by atomic mass is 19.1. The molecule has 8 nitrogen and oxygen atoms in total. The Morgan fingerprint density at radius 1 is 0.970 bits per heavy atom. The van der Waals surface area contributed by atoms with Gasteiger partial charge in [-0.3, -0.25) is 4.98 Å². The molecule has 3 heterocycles. The van der Waals surface area contributed by atoms with Crippen molar-refractivity contribution in [2.75, 3.05) is 6.61 Å². The number of aromatic nitrogens is 6. The Morgan fingerprint density at radius 2 is 1.85 bits per heavy atom. The van der Waals surface area contributed by atoms with E-state index in [1.807, 2.05) is 0 Å². The lowest BCUT2D eigenvalue weighted by molar-refractivity contribution is 0.296. The summed E-state index contributed by atoms with van der Waals surface area (Å²) in [5.41, 5.74) is 1.81. The van der Waals surface area contributed by atoms with Crippen molar-refractivity contribution in [2.45, 2.75) is 13.5 Å². The monoisotopic (exact) mass is 448 g/mol. The van der Waals surface area contributed by atoms with Crippen LogP contribution in [0.2, 0.25) is 0 Å². The molecule has 2 aromatic carbocycles. The molecule has 166 valence electrons. The van der Waals surface area contributed by atoms with Gasteiger partial charge in [-0.15, -0.1) is 5.10 Å². The van der Waals surface area contributed by atoms with Crippen LogP contribution < -0.4 is 10.4 Å². The summed E-state index contributed by atoms with van der Waals surface area (Å²) in [6, 6.07) is 12.7. The third kappa shape index (κ3) is 3.98. The van der Waals surface area contributed by atoms with E-state index in [9.17, 15) is 13.6 Å². The molecular weight excluding hydrogens is 430 g/mol. The summed E-state index contributed by atoms with van der Waals surface area (Å²) < 4.78 is 36.8. The number of hydrogen-bond acceptors (Lipinski definition) is 5. The van der Waals surface area contributed by atoms with E-state index < -0.39 is 11.5 Å². The number of halogens is 2. The molecule has 0 unspecified atom stereocenters. The second-order valence-corrected chi connectivity index (χ2v) is 7.30. The zero-order valence-electron chi connectivity index (χ0n) is 17.5. The van der Waals surface area contributed by atoms with Gasteiger partial charge in [0.05, 0.1) is 42.4 Å². The molecule has 0 aliphatic heterocycles. The van der Waals surface area contributed by atoms with Crippen LogP contribution in [0.3, 0.4) is 0 Å². The van der Waals surface area contributed by atoms with Crippen LogP contribution in [-0.2, 0) is 6.54 Å². The standard InChI is InChI=1S/C23H18F2N6O2/c1-2-33-22-28-31(23(32)29(22)13-15-4-3-5-17(24)8-15)19-6-7-21-16(9-19)14-30(27-21)20-10-18(25)11-26-12-20/h3-12,14H,2,13H2,1H3. The van der Waals surface area contributed by atoms with Crippen LogP contribution in [0.25, 0.3) is 22.3 Å². The first-order valence-corrected chi connectivity index (χ1v) is 10.2. The van der Waals surface area contributed by atoms with Gasteiger partial charge in [0.15, 0.2) is 0 Å². The minimum atomic E-state index is -0.466. The molecule has 0 saturated carbocycles. The Labute approximate surface area is 186 Å². The number of fused-ring (bicyclic) bond motifs is 1. The van der Waals surface area contributed by atoms with Crippen molar-refractivity contribution in [1.29, 1.82) is 0 Å². The molecule has 0 fully saturated rings. The molecule has 0 N–H and O–H groups in total. The van der Waals surface area contributed by atoms with Gasteiger partial charge in [-0.05, 0) is 42.8 Å². The molecule has 0 spiro atoms. The predicted molar refractivity (Wildman–Crippen MR) is 117 cm³/mol. The molecule has 0 radical (unpaired) electrons. The largest absolute Gasteiger partial charge is 0.464 e. The average Bonchev–Trinajstić information content (AvgIpc) is 3.36. The van der Waals surface area contributed by atoms with Gasteiger partial charge >= 0.3 is 11.7 Å². The first-order chi connectivity index (χ1) is 16.0. The van der Waals surface area contributed by atoms with Gasteiger partial charge in [-0.25, -0.2) is 22.8 Å². The first-order valence-electron chi connectivity index (χ1n) is 10.2. The van der Waals surface area contributed by atoms with E-state index in [1.54, 1.807) is 43.5 Å². The number of hydrogen-bond donors (Lipinski definition) is 0. The number of pyridine rings is 1. The molecule has 10 heteroatoms. The fourth-order valence-corrected chi connectivity index (χ4v) is 3.54. The summed E-state index contributed by atoms with van der Waals surface area (Å²) in [5, 5.41) is 9.49. The van der Waals surface area contributed by atoms with Crippen LogP contribution in [0, 0.1) is 11.6 Å². The fraction of sp³-hybridized carbons (Fsp3) is 0.130. The summed E-state index contributed by atoms with van der Waals surface area (Å²) in [6.45, 7) is 2.21. The van der Waals surface area contributed by atoms with Gasteiger partial charge in [-0.1, -0.05) is 12.1 Å². The lowest BCUT2D eigenvalue weighted by atomic mass is 10.2. The predicted octanol–water partition coefficient (Wildman–Crippen LogP) is 3.49. The molecule has 0 aliphatic carbocycles. The van der Waals surface area contributed by atoms with Gasteiger partial charge in [0, 0.05) is 17.6 Å². The number of rotatable bonds is 6. The molecular formula is C23H18F2N6O2. The maximum absolute atomic E-state index is 13.6. The number of ether oxygens (including phenoxy) is 1. The van der Waals surface area contributed by atoms with E-state index in [2.05, 4.69) is 15.2 Å². The minimum Gasteiger partial charge on any atom is -0.464 e. The van der Waals surface area contributed by atoms with Gasteiger partial charge in [0.1, 0.15) is 11.6 Å². The molecule has 0 amide bonds. The van der Waals surface area contributed by atoms with Crippen molar-refractivity contribution >= 4 is 10.9 Å². The molecule has 3 aromatic heterocycles. The van der Waals surface area contributed by atoms with Gasteiger partial charge < -0.3 is 4.74 Å². The maximum Gasteiger partial charge on any atom is 0.353 e. The summed E-state index contributed by atoms with van der Waals surface area (Å²) in [4.78, 5) is 17.0. The Balaban J connectivity index is 1.55. The first kappa shape index (κ1) is 20.6. The van der Waals surface area contributed by atoms with Crippen LogP contribution in [0.1, 0.15) is 12.5 Å². The second kappa shape index (κ2) is 8.30. The van der Waals surface area contributed by atoms with Gasteiger partial charge in [0.2, 0.25) is 0 Å². The minimum absolute atomic E-state index is 0.110. The van der Waals surface area contributed by atoms with E-state index >= 15 is 0 Å². The number of nitrogens with zero attached hydrogens (tertiary/aromatic N) is 6. The smallest absolute Gasteiger partial charge is 0.353 e. The highest BCUT2D eigenvalue weighted by Gasteiger charge is 2.17. The summed E-state index contributed by atoms with van der Waals surface area (Å²) in [7, 11) is 0. The van der Waals surface area contributed by atoms with Crippen molar-refractivity contribution < 1.29 is 13.5 Å². The van der Waals surface area contributed by atoms with Gasteiger partial charge in [-0.2, -0.15) is 9.78 Å². The lowest BCUT2D eigenvalue weighted by Crippen LogP contribution is -2.24. The number of benzene rings is 2. The molecule has 0 aliphatic rings. The van der Waals surface area contributed by atoms with Gasteiger partial charge in [0.25, 0.3) is 0 Å². The third-order valence-corrected chi connectivity index (χ3v) is 5.02. The zero-order valence-corrected chi connectivity index (χ0v) is 17.5. The SMILES string of the molecule is CCOc1nn(-c2ccc3nn(-c4cncc(F)c4)cc3c2)c(=O)n1Cc1cccc(F)c1. The quantitative estimate of drug-likeness (QED) is 0.397. The van der Waals surface area contributed by atoms with Crippen LogP contribution in [-0.4, -0.2) is 35.7 Å². The molecule has 0 atom stereocenters. The van der Waals surface area contributed by atoms with Crippen LogP contribution in [0.15, 0.2) is 71.9 Å². The van der Waals surface area contributed by atoms with Crippen molar-refractivity contribution in [1.82, 2.24) is 29.1 Å². The molecule has 0 saturated heterocycles. The second-order valence-electron chi connectivity index (χ2n) is 7.30. The zero-order chi connectivity index (χ0) is 22.9. The van der Waals surface area contributed by atoms with E-state index in [0.29, 0.717) is 29.1 Å².